The van der Waals surface area contributed by atoms with Gasteiger partial charge in [-0.2, -0.15) is 0 Å². The van der Waals surface area contributed by atoms with E-state index in [4.69, 9.17) is 0 Å². The first-order chi connectivity index (χ1) is 10.7. The molecular weight excluding hydrogens is 272 g/mol. The zero-order valence-corrected chi connectivity index (χ0v) is 13.2. The minimum Gasteiger partial charge on any atom is -0.333 e. The summed E-state index contributed by atoms with van der Waals surface area (Å²) in [6.07, 6.45) is 4.81. The first-order valence-corrected chi connectivity index (χ1v) is 7.60. The molecule has 1 aromatic carbocycles. The molecule has 0 aliphatic rings. The highest BCUT2D eigenvalue weighted by molar-refractivity contribution is 5.61. The molecule has 112 valence electrons. The van der Waals surface area contributed by atoms with Gasteiger partial charge in [-0.05, 0) is 30.0 Å². The summed E-state index contributed by atoms with van der Waals surface area (Å²) >= 11 is 0. The van der Waals surface area contributed by atoms with E-state index in [1.165, 1.54) is 5.56 Å². The van der Waals surface area contributed by atoms with Gasteiger partial charge in [-0.25, -0.2) is 4.98 Å². The Balaban J connectivity index is 1.85. The maximum absolute atomic E-state index is 4.34. The van der Waals surface area contributed by atoms with E-state index >= 15 is 0 Å². The van der Waals surface area contributed by atoms with Gasteiger partial charge in [0, 0.05) is 25.0 Å². The van der Waals surface area contributed by atoms with E-state index in [1.54, 1.807) is 6.20 Å². The second-order valence-electron chi connectivity index (χ2n) is 5.60. The van der Waals surface area contributed by atoms with Gasteiger partial charge in [0.2, 0.25) is 0 Å². The number of rotatable bonds is 4. The van der Waals surface area contributed by atoms with Crippen molar-refractivity contribution in [2.24, 2.45) is 7.05 Å². The number of hydrogen-bond acceptors (Lipinski definition) is 3. The molecule has 3 rings (SSSR count). The fourth-order valence-corrected chi connectivity index (χ4v) is 2.44. The first-order valence-electron chi connectivity index (χ1n) is 7.60. The summed E-state index contributed by atoms with van der Waals surface area (Å²) in [5, 5.41) is 8.64. The zero-order chi connectivity index (χ0) is 15.5. The van der Waals surface area contributed by atoms with E-state index in [1.807, 2.05) is 29.9 Å². The molecule has 2 aromatic heterocycles. The molecule has 0 amide bonds. The minimum atomic E-state index is 0.589. The van der Waals surface area contributed by atoms with Crippen LogP contribution < -0.4 is 0 Å². The Hall–Kier alpha value is -2.49. The summed E-state index contributed by atoms with van der Waals surface area (Å²) < 4.78 is 1.94. The van der Waals surface area contributed by atoms with Gasteiger partial charge in [-0.3, -0.25) is 0 Å². The molecule has 0 bridgehead atoms. The van der Waals surface area contributed by atoms with Gasteiger partial charge in [0.15, 0.2) is 5.82 Å². The molecule has 1 atom stereocenters. The molecule has 0 radical (unpaired) electrons. The molecule has 0 aliphatic carbocycles. The van der Waals surface area contributed by atoms with E-state index in [0.29, 0.717) is 5.92 Å². The molecule has 3 aromatic rings. The van der Waals surface area contributed by atoms with Crippen molar-refractivity contribution in [2.75, 3.05) is 0 Å². The topological polar surface area (TPSA) is 43.6 Å². The molecule has 0 N–H and O–H groups in total. The number of aryl methyl sites for hydroxylation is 1. The van der Waals surface area contributed by atoms with Crippen molar-refractivity contribution >= 4 is 0 Å². The largest absolute Gasteiger partial charge is 0.333 e. The number of benzene rings is 1. The molecular formula is C18H20N4. The first kappa shape index (κ1) is 14.4. The second kappa shape index (κ2) is 6.10. The molecule has 4 nitrogen and oxygen atoms in total. The molecule has 0 saturated heterocycles. The molecule has 0 fully saturated rings. The Morgan fingerprint density at radius 1 is 1.00 bits per heavy atom. The van der Waals surface area contributed by atoms with E-state index < -0.39 is 0 Å². The molecule has 1 unspecified atom stereocenters. The van der Waals surface area contributed by atoms with Crippen LogP contribution >= 0.6 is 0 Å². The van der Waals surface area contributed by atoms with Crippen LogP contribution in [0.3, 0.4) is 0 Å². The highest BCUT2D eigenvalue weighted by Crippen LogP contribution is 2.23. The van der Waals surface area contributed by atoms with Gasteiger partial charge in [0.25, 0.3) is 0 Å². The lowest BCUT2D eigenvalue weighted by atomic mass is 9.97. The van der Waals surface area contributed by atoms with E-state index in [2.05, 4.69) is 53.3 Å². The maximum Gasteiger partial charge on any atom is 0.160 e. The number of hydrogen-bond donors (Lipinski definition) is 0. The molecule has 2 heterocycles. The standard InChI is InChI=1S/C18H20N4/c1-4-13(2)14-5-7-15(8-6-14)16-9-10-17(21-20-16)18-19-11-12-22(18)3/h5-13H,4H2,1-3H3. The van der Waals surface area contributed by atoms with Crippen LogP contribution in [-0.4, -0.2) is 19.7 Å². The molecule has 22 heavy (non-hydrogen) atoms. The van der Waals surface area contributed by atoms with Crippen LogP contribution in [0.1, 0.15) is 31.7 Å². The predicted octanol–water partition coefficient (Wildman–Crippen LogP) is 4.06. The SMILES string of the molecule is CCC(C)c1ccc(-c2ccc(-c3nccn3C)nn2)cc1. The average molecular weight is 292 g/mol. The Kier molecular flexibility index (Phi) is 4.00. The van der Waals surface area contributed by atoms with Crippen molar-refractivity contribution < 1.29 is 0 Å². The maximum atomic E-state index is 4.34. The van der Waals surface area contributed by atoms with Crippen LogP contribution in [0.15, 0.2) is 48.8 Å². The van der Waals surface area contributed by atoms with E-state index in [9.17, 15) is 0 Å². The Labute approximate surface area is 130 Å². The number of nitrogens with zero attached hydrogens (tertiary/aromatic N) is 4. The van der Waals surface area contributed by atoms with Crippen molar-refractivity contribution in [3.63, 3.8) is 0 Å². The quantitative estimate of drug-likeness (QED) is 0.728. The Morgan fingerprint density at radius 3 is 2.23 bits per heavy atom. The fourth-order valence-electron chi connectivity index (χ4n) is 2.44. The van der Waals surface area contributed by atoms with Gasteiger partial charge in [-0.15, -0.1) is 10.2 Å². The van der Waals surface area contributed by atoms with Crippen molar-refractivity contribution in [1.82, 2.24) is 19.7 Å². The van der Waals surface area contributed by atoms with E-state index in [-0.39, 0.29) is 0 Å². The summed E-state index contributed by atoms with van der Waals surface area (Å²) in [7, 11) is 1.95. The fraction of sp³-hybridized carbons (Fsp3) is 0.278. The van der Waals surface area contributed by atoms with Gasteiger partial charge in [0.05, 0.1) is 5.69 Å². The van der Waals surface area contributed by atoms with Crippen LogP contribution in [0, 0.1) is 0 Å². The lowest BCUT2D eigenvalue weighted by Gasteiger charge is -2.09. The third-order valence-corrected chi connectivity index (χ3v) is 4.10. The van der Waals surface area contributed by atoms with Crippen LogP contribution in [0.5, 0.6) is 0 Å². The summed E-state index contributed by atoms with van der Waals surface area (Å²) in [6, 6.07) is 12.6. The average Bonchev–Trinajstić information content (AvgIpc) is 3.00. The van der Waals surface area contributed by atoms with Gasteiger partial charge >= 0.3 is 0 Å². The normalized spacial score (nSPS) is 12.3. The summed E-state index contributed by atoms with van der Waals surface area (Å²) in [5.41, 5.74) is 4.12. The van der Waals surface area contributed by atoms with Crippen molar-refractivity contribution in [3.8, 4) is 22.8 Å². The highest BCUT2D eigenvalue weighted by Gasteiger charge is 2.08. The van der Waals surface area contributed by atoms with Crippen LogP contribution in [-0.2, 0) is 7.05 Å². The van der Waals surface area contributed by atoms with Gasteiger partial charge in [-0.1, -0.05) is 38.1 Å². The molecule has 4 heteroatoms. The lowest BCUT2D eigenvalue weighted by molar-refractivity contribution is 0.734. The van der Waals surface area contributed by atoms with Crippen LogP contribution in [0.25, 0.3) is 22.8 Å². The summed E-state index contributed by atoms with van der Waals surface area (Å²) in [4.78, 5) is 4.29. The van der Waals surface area contributed by atoms with Crippen molar-refractivity contribution in [3.05, 3.63) is 54.4 Å². The Bertz CT molecular complexity index is 742. The van der Waals surface area contributed by atoms with Crippen molar-refractivity contribution in [2.45, 2.75) is 26.2 Å². The van der Waals surface area contributed by atoms with Crippen LogP contribution in [0.2, 0.25) is 0 Å². The molecule has 0 saturated carbocycles. The third-order valence-electron chi connectivity index (χ3n) is 4.10. The third kappa shape index (κ3) is 2.77. The van der Waals surface area contributed by atoms with Crippen molar-refractivity contribution in [1.29, 1.82) is 0 Å². The Morgan fingerprint density at radius 2 is 1.68 bits per heavy atom. The number of aromatic nitrogens is 4. The summed E-state index contributed by atoms with van der Waals surface area (Å²) in [6.45, 7) is 4.46. The minimum absolute atomic E-state index is 0.589. The summed E-state index contributed by atoms with van der Waals surface area (Å²) in [5.74, 6) is 1.41. The smallest absolute Gasteiger partial charge is 0.160 e. The zero-order valence-electron chi connectivity index (χ0n) is 13.2. The molecule has 0 aliphatic heterocycles. The second-order valence-corrected chi connectivity index (χ2v) is 5.60. The lowest BCUT2D eigenvalue weighted by Crippen LogP contribution is -1.97. The highest BCUT2D eigenvalue weighted by atomic mass is 15.1. The molecule has 0 spiro atoms. The van der Waals surface area contributed by atoms with Crippen LogP contribution in [0.4, 0.5) is 0 Å². The van der Waals surface area contributed by atoms with Gasteiger partial charge < -0.3 is 4.57 Å². The van der Waals surface area contributed by atoms with Gasteiger partial charge in [0.1, 0.15) is 5.69 Å². The number of imidazole rings is 1. The monoisotopic (exact) mass is 292 g/mol. The van der Waals surface area contributed by atoms with E-state index in [0.717, 1.165) is 29.2 Å². The predicted molar refractivity (Wildman–Crippen MR) is 88.4 cm³/mol.